The van der Waals surface area contributed by atoms with Gasteiger partial charge in [-0.15, -0.1) is 0 Å². The summed E-state index contributed by atoms with van der Waals surface area (Å²) >= 11 is 5.95. The van der Waals surface area contributed by atoms with Gasteiger partial charge < -0.3 is 9.47 Å². The molecule has 26 heavy (non-hydrogen) atoms. The van der Waals surface area contributed by atoms with E-state index in [4.69, 9.17) is 21.1 Å². The topological polar surface area (TPSA) is 77.4 Å². The molecule has 0 radical (unpaired) electrons. The number of hydrogen-bond donors (Lipinski definition) is 0. The molecule has 0 unspecified atom stereocenters. The first kappa shape index (κ1) is 18.5. The third-order valence-electron chi connectivity index (χ3n) is 3.69. The number of pyridine rings is 1. The highest BCUT2D eigenvalue weighted by Gasteiger charge is 2.56. The van der Waals surface area contributed by atoms with E-state index in [1.165, 1.54) is 12.4 Å². The fraction of sp³-hybridized carbons (Fsp3) is 0.500. The number of carbonyl (C=O) groups excluding carboxylic acids is 1. The summed E-state index contributed by atoms with van der Waals surface area (Å²) in [5.74, 6) is -0.0432. The van der Waals surface area contributed by atoms with Crippen molar-refractivity contribution in [2.75, 3.05) is 13.1 Å². The summed E-state index contributed by atoms with van der Waals surface area (Å²) < 4.78 is 37.8. The first-order valence-electron chi connectivity index (χ1n) is 7.82. The van der Waals surface area contributed by atoms with Crippen molar-refractivity contribution in [2.24, 2.45) is 0 Å². The predicted molar refractivity (Wildman–Crippen MR) is 89.5 cm³/mol. The van der Waals surface area contributed by atoms with Crippen molar-refractivity contribution in [3.05, 3.63) is 23.6 Å². The Balaban J connectivity index is 1.77. The van der Waals surface area contributed by atoms with E-state index in [9.17, 15) is 13.6 Å². The van der Waals surface area contributed by atoms with Crippen LogP contribution in [0.15, 0.2) is 18.5 Å². The lowest BCUT2D eigenvalue weighted by Gasteiger charge is -2.48. The van der Waals surface area contributed by atoms with Crippen molar-refractivity contribution in [1.82, 2.24) is 19.9 Å². The van der Waals surface area contributed by atoms with E-state index in [2.05, 4.69) is 15.0 Å². The van der Waals surface area contributed by atoms with Gasteiger partial charge in [-0.1, -0.05) is 11.6 Å². The zero-order chi connectivity index (χ0) is 19.1. The van der Waals surface area contributed by atoms with Gasteiger partial charge in [0.25, 0.3) is 6.43 Å². The minimum atomic E-state index is -2.82. The lowest BCUT2D eigenvalue weighted by Crippen LogP contribution is -2.70. The summed E-state index contributed by atoms with van der Waals surface area (Å²) in [4.78, 5) is 25.0. The first-order valence-corrected chi connectivity index (χ1v) is 8.20. The molecule has 1 amide bonds. The highest BCUT2D eigenvalue weighted by molar-refractivity contribution is 6.33. The third-order valence-corrected chi connectivity index (χ3v) is 3.96. The SMILES string of the molecule is CC(C)(C)OC(=O)N1CC(Oc2ccc3ncnc(Cl)c3n2)(C(F)F)C1. The number of rotatable bonds is 3. The van der Waals surface area contributed by atoms with E-state index in [1.54, 1.807) is 26.8 Å². The predicted octanol–water partition coefficient (Wildman–Crippen LogP) is 3.31. The van der Waals surface area contributed by atoms with Crippen LogP contribution in [0.3, 0.4) is 0 Å². The number of amides is 1. The molecule has 0 spiro atoms. The van der Waals surface area contributed by atoms with E-state index < -0.39 is 23.7 Å². The van der Waals surface area contributed by atoms with Gasteiger partial charge in [-0.2, -0.15) is 0 Å². The van der Waals surface area contributed by atoms with Gasteiger partial charge in [-0.3, -0.25) is 4.90 Å². The second-order valence-corrected chi connectivity index (χ2v) is 7.34. The van der Waals surface area contributed by atoms with Crippen LogP contribution in [0.2, 0.25) is 5.15 Å². The Kier molecular flexibility index (Phi) is 4.60. The van der Waals surface area contributed by atoms with E-state index in [1.807, 2.05) is 0 Å². The van der Waals surface area contributed by atoms with Crippen LogP contribution in [0, 0.1) is 0 Å². The lowest BCUT2D eigenvalue weighted by molar-refractivity contribution is -0.158. The van der Waals surface area contributed by atoms with Crippen molar-refractivity contribution in [2.45, 2.75) is 38.4 Å². The van der Waals surface area contributed by atoms with Crippen LogP contribution in [0.4, 0.5) is 13.6 Å². The minimum Gasteiger partial charge on any atom is -0.461 e. The van der Waals surface area contributed by atoms with Crippen LogP contribution in [-0.2, 0) is 4.74 Å². The van der Waals surface area contributed by atoms with Crippen molar-refractivity contribution in [1.29, 1.82) is 0 Å². The average molecular weight is 387 g/mol. The molecular weight excluding hydrogens is 370 g/mol. The largest absolute Gasteiger partial charge is 0.461 e. The fourth-order valence-electron chi connectivity index (χ4n) is 2.46. The first-order chi connectivity index (χ1) is 12.1. The van der Waals surface area contributed by atoms with Crippen LogP contribution in [0.25, 0.3) is 11.0 Å². The number of aromatic nitrogens is 3. The Morgan fingerprint density at radius 3 is 2.62 bits per heavy atom. The number of ether oxygens (including phenoxy) is 2. The number of alkyl halides is 2. The van der Waals surface area contributed by atoms with Crippen LogP contribution in [-0.4, -0.2) is 56.7 Å². The molecule has 3 rings (SSSR count). The second kappa shape index (κ2) is 6.46. The molecule has 3 heterocycles. The van der Waals surface area contributed by atoms with Gasteiger partial charge in [0.15, 0.2) is 5.15 Å². The van der Waals surface area contributed by atoms with E-state index in [-0.39, 0.29) is 29.6 Å². The fourth-order valence-corrected chi connectivity index (χ4v) is 2.64. The van der Waals surface area contributed by atoms with Crippen molar-refractivity contribution >= 4 is 28.7 Å². The van der Waals surface area contributed by atoms with Gasteiger partial charge >= 0.3 is 6.09 Å². The van der Waals surface area contributed by atoms with Crippen LogP contribution < -0.4 is 4.74 Å². The zero-order valence-corrected chi connectivity index (χ0v) is 15.1. The number of halogens is 3. The number of likely N-dealkylation sites (tertiary alicyclic amines) is 1. The molecule has 1 fully saturated rings. The molecule has 2 aromatic heterocycles. The molecule has 7 nitrogen and oxygen atoms in total. The Labute approximate surface area is 153 Å². The van der Waals surface area contributed by atoms with E-state index in [0.29, 0.717) is 5.52 Å². The zero-order valence-electron chi connectivity index (χ0n) is 14.4. The Morgan fingerprint density at radius 2 is 2.00 bits per heavy atom. The molecule has 140 valence electrons. The van der Waals surface area contributed by atoms with E-state index in [0.717, 1.165) is 4.90 Å². The summed E-state index contributed by atoms with van der Waals surface area (Å²) in [6.07, 6.45) is -2.21. The molecule has 0 bridgehead atoms. The third kappa shape index (κ3) is 3.62. The molecule has 0 aromatic carbocycles. The van der Waals surface area contributed by atoms with Gasteiger partial charge in [0.2, 0.25) is 11.5 Å². The average Bonchev–Trinajstić information content (AvgIpc) is 2.49. The highest BCUT2D eigenvalue weighted by Crippen LogP contribution is 2.34. The van der Waals surface area contributed by atoms with Gasteiger partial charge in [-0.05, 0) is 26.8 Å². The Bertz CT molecular complexity index is 838. The summed E-state index contributed by atoms with van der Waals surface area (Å²) in [5.41, 5.74) is -1.84. The smallest absolute Gasteiger partial charge is 0.410 e. The van der Waals surface area contributed by atoms with Crippen LogP contribution >= 0.6 is 11.6 Å². The number of nitrogens with zero attached hydrogens (tertiary/aromatic N) is 4. The maximum absolute atomic E-state index is 13.6. The van der Waals surface area contributed by atoms with Gasteiger partial charge in [-0.25, -0.2) is 28.5 Å². The maximum atomic E-state index is 13.6. The summed E-state index contributed by atoms with van der Waals surface area (Å²) in [6.45, 7) is 4.49. The molecule has 1 aliphatic heterocycles. The standard InChI is InChI=1S/C16H17ClF2N4O3/c1-15(2,3)26-14(24)23-6-16(7-23,13(18)19)25-10-5-4-9-11(22-10)12(17)21-8-20-9/h4-5,8,13H,6-7H2,1-3H3. The minimum absolute atomic E-state index is 0.0432. The van der Waals surface area contributed by atoms with Crippen LogP contribution in [0.5, 0.6) is 5.88 Å². The monoisotopic (exact) mass is 386 g/mol. The molecule has 0 saturated carbocycles. The lowest BCUT2D eigenvalue weighted by atomic mass is 9.95. The van der Waals surface area contributed by atoms with Crippen molar-refractivity contribution < 1.29 is 23.0 Å². The van der Waals surface area contributed by atoms with Gasteiger partial charge in [0, 0.05) is 6.07 Å². The second-order valence-electron chi connectivity index (χ2n) is 6.99. The van der Waals surface area contributed by atoms with E-state index >= 15 is 0 Å². The normalized spacial score (nSPS) is 16.5. The van der Waals surface area contributed by atoms with Gasteiger partial charge in [0.1, 0.15) is 17.4 Å². The quantitative estimate of drug-likeness (QED) is 0.753. The summed E-state index contributed by atoms with van der Waals surface area (Å²) in [7, 11) is 0. The molecule has 0 atom stereocenters. The molecule has 1 saturated heterocycles. The number of hydrogen-bond acceptors (Lipinski definition) is 6. The molecule has 0 aliphatic carbocycles. The summed E-state index contributed by atoms with van der Waals surface area (Å²) in [6, 6.07) is 2.97. The molecule has 10 heteroatoms. The molecule has 1 aliphatic rings. The number of fused-ring (bicyclic) bond motifs is 1. The maximum Gasteiger partial charge on any atom is 0.410 e. The van der Waals surface area contributed by atoms with Crippen molar-refractivity contribution in [3.8, 4) is 5.88 Å². The molecular formula is C16H17ClF2N4O3. The molecule has 0 N–H and O–H groups in total. The highest BCUT2D eigenvalue weighted by atomic mass is 35.5. The summed E-state index contributed by atoms with van der Waals surface area (Å²) in [5, 5.41) is 0.0931. The molecule has 2 aromatic rings. The van der Waals surface area contributed by atoms with Crippen LogP contribution in [0.1, 0.15) is 20.8 Å². The van der Waals surface area contributed by atoms with Crippen molar-refractivity contribution in [3.63, 3.8) is 0 Å². The van der Waals surface area contributed by atoms with Gasteiger partial charge in [0.05, 0.1) is 18.6 Å². The Hall–Kier alpha value is -2.29. The number of carbonyl (C=O) groups is 1. The Morgan fingerprint density at radius 1 is 1.31 bits per heavy atom.